The number of nitrogens with one attached hydrogen (secondary N) is 2. The minimum absolute atomic E-state index is 0.260. The molecule has 0 saturated heterocycles. The van der Waals surface area contributed by atoms with Gasteiger partial charge >= 0.3 is 0 Å². The van der Waals surface area contributed by atoms with Crippen LogP contribution in [0.25, 0.3) is 0 Å². The molecule has 0 heterocycles. The minimum atomic E-state index is 0.260. The Labute approximate surface area is 92.0 Å². The van der Waals surface area contributed by atoms with Crippen molar-refractivity contribution in [2.75, 3.05) is 13.1 Å². The van der Waals surface area contributed by atoms with Gasteiger partial charge in [0.15, 0.2) is 0 Å². The summed E-state index contributed by atoms with van der Waals surface area (Å²) in [6.45, 7) is 3.95. The van der Waals surface area contributed by atoms with E-state index in [-0.39, 0.29) is 5.91 Å². The Morgan fingerprint density at radius 1 is 1.27 bits per heavy atom. The molecule has 0 aromatic carbocycles. The third-order valence-corrected chi connectivity index (χ3v) is 3.41. The minimum Gasteiger partial charge on any atom is -0.355 e. The van der Waals surface area contributed by atoms with Crippen LogP contribution in [-0.2, 0) is 4.79 Å². The van der Waals surface area contributed by atoms with Gasteiger partial charge < -0.3 is 10.6 Å². The molecule has 0 radical (unpaired) electrons. The average molecular weight is 210 g/mol. The zero-order valence-corrected chi connectivity index (χ0v) is 9.59. The summed E-state index contributed by atoms with van der Waals surface area (Å²) in [7, 11) is 0. The van der Waals surface area contributed by atoms with Gasteiger partial charge in [-0.2, -0.15) is 0 Å². The zero-order chi connectivity index (χ0) is 10.7. The molecule has 0 bridgehead atoms. The summed E-state index contributed by atoms with van der Waals surface area (Å²) >= 11 is 0. The van der Waals surface area contributed by atoms with Crippen molar-refractivity contribution in [3.63, 3.8) is 0 Å². The van der Waals surface area contributed by atoms with Crippen molar-refractivity contribution < 1.29 is 4.79 Å². The Kier molecular flexibility index (Phi) is 3.62. The van der Waals surface area contributed by atoms with Gasteiger partial charge in [0, 0.05) is 25.0 Å². The van der Waals surface area contributed by atoms with Gasteiger partial charge in [-0.3, -0.25) is 4.79 Å². The van der Waals surface area contributed by atoms with Crippen LogP contribution in [0.2, 0.25) is 0 Å². The fourth-order valence-electron chi connectivity index (χ4n) is 2.08. The lowest BCUT2D eigenvalue weighted by molar-refractivity contribution is -0.122. The second-order valence-electron chi connectivity index (χ2n) is 4.87. The number of hydrogen-bond donors (Lipinski definition) is 2. The molecule has 2 fully saturated rings. The Hall–Kier alpha value is -0.570. The maximum absolute atomic E-state index is 11.3. The average Bonchev–Trinajstić information content (AvgIpc) is 3.06. The second kappa shape index (κ2) is 4.97. The lowest BCUT2D eigenvalue weighted by Gasteiger charge is -2.16. The van der Waals surface area contributed by atoms with Crippen molar-refractivity contribution in [3.8, 4) is 0 Å². The Balaban J connectivity index is 1.51. The maximum Gasteiger partial charge on any atom is 0.223 e. The molecule has 0 spiro atoms. The monoisotopic (exact) mass is 210 g/mol. The summed E-state index contributed by atoms with van der Waals surface area (Å²) in [6.07, 6.45) is 6.18. The van der Waals surface area contributed by atoms with Gasteiger partial charge in [0.25, 0.3) is 0 Å². The summed E-state index contributed by atoms with van der Waals surface area (Å²) in [5.41, 5.74) is 0. The van der Waals surface area contributed by atoms with Gasteiger partial charge in [0.1, 0.15) is 0 Å². The number of carbonyl (C=O) groups excluding carboxylic acids is 1. The Bertz CT molecular complexity index is 222. The van der Waals surface area contributed by atoms with E-state index in [1.807, 2.05) is 0 Å². The van der Waals surface area contributed by atoms with E-state index in [0.717, 1.165) is 31.8 Å². The highest BCUT2D eigenvalue weighted by Crippen LogP contribution is 2.33. The van der Waals surface area contributed by atoms with Crippen molar-refractivity contribution in [3.05, 3.63) is 0 Å². The van der Waals surface area contributed by atoms with Crippen molar-refractivity contribution in [1.29, 1.82) is 0 Å². The second-order valence-corrected chi connectivity index (χ2v) is 4.87. The molecule has 1 amide bonds. The quantitative estimate of drug-likeness (QED) is 0.622. The molecule has 1 atom stereocenters. The molecule has 0 aliphatic heterocycles. The van der Waals surface area contributed by atoms with Crippen molar-refractivity contribution >= 4 is 5.91 Å². The van der Waals surface area contributed by atoms with Crippen LogP contribution in [0.15, 0.2) is 0 Å². The molecular formula is C12H22N2O. The van der Waals surface area contributed by atoms with Gasteiger partial charge in [0.05, 0.1) is 0 Å². The first kappa shape index (κ1) is 10.9. The van der Waals surface area contributed by atoms with Crippen LogP contribution in [0.1, 0.15) is 39.0 Å². The standard InChI is InChI=1S/C12H22N2O/c1-2-11(9-3-4-9)13-7-8-14-12(15)10-5-6-10/h9-11,13H,2-8H2,1H3,(H,14,15). The van der Waals surface area contributed by atoms with Crippen LogP contribution >= 0.6 is 0 Å². The third-order valence-electron chi connectivity index (χ3n) is 3.41. The molecule has 2 rings (SSSR count). The molecule has 2 saturated carbocycles. The first-order chi connectivity index (χ1) is 7.31. The van der Waals surface area contributed by atoms with E-state index in [2.05, 4.69) is 17.6 Å². The zero-order valence-electron chi connectivity index (χ0n) is 9.59. The van der Waals surface area contributed by atoms with Gasteiger partial charge in [-0.05, 0) is 38.0 Å². The van der Waals surface area contributed by atoms with Crippen molar-refractivity contribution in [2.45, 2.75) is 45.1 Å². The van der Waals surface area contributed by atoms with E-state index in [1.165, 1.54) is 19.3 Å². The highest BCUT2D eigenvalue weighted by molar-refractivity contribution is 5.80. The van der Waals surface area contributed by atoms with Crippen molar-refractivity contribution in [1.82, 2.24) is 10.6 Å². The van der Waals surface area contributed by atoms with Crippen LogP contribution < -0.4 is 10.6 Å². The van der Waals surface area contributed by atoms with E-state index in [4.69, 9.17) is 0 Å². The largest absolute Gasteiger partial charge is 0.355 e. The number of hydrogen-bond acceptors (Lipinski definition) is 2. The molecule has 1 unspecified atom stereocenters. The highest BCUT2D eigenvalue weighted by atomic mass is 16.2. The number of rotatable bonds is 7. The molecular weight excluding hydrogens is 188 g/mol. The highest BCUT2D eigenvalue weighted by Gasteiger charge is 2.30. The third kappa shape index (κ3) is 3.49. The van der Waals surface area contributed by atoms with E-state index in [0.29, 0.717) is 12.0 Å². The number of amides is 1. The van der Waals surface area contributed by atoms with Gasteiger partial charge in [0.2, 0.25) is 5.91 Å². The van der Waals surface area contributed by atoms with Crippen LogP contribution in [0.5, 0.6) is 0 Å². The van der Waals surface area contributed by atoms with Gasteiger partial charge in [-0.15, -0.1) is 0 Å². The lowest BCUT2D eigenvalue weighted by Crippen LogP contribution is -2.38. The van der Waals surface area contributed by atoms with E-state index in [1.54, 1.807) is 0 Å². The SMILES string of the molecule is CCC(NCCNC(=O)C1CC1)C1CC1. The van der Waals surface area contributed by atoms with Crippen LogP contribution in [0.4, 0.5) is 0 Å². The predicted molar refractivity (Wildman–Crippen MR) is 60.5 cm³/mol. The summed E-state index contributed by atoms with van der Waals surface area (Å²) in [5.74, 6) is 1.51. The van der Waals surface area contributed by atoms with Crippen LogP contribution in [0, 0.1) is 11.8 Å². The first-order valence-corrected chi connectivity index (χ1v) is 6.32. The molecule has 2 aliphatic carbocycles. The molecule has 3 nitrogen and oxygen atoms in total. The normalized spacial score (nSPS) is 22.5. The molecule has 0 aromatic heterocycles. The maximum atomic E-state index is 11.3. The molecule has 2 aliphatic rings. The van der Waals surface area contributed by atoms with Crippen LogP contribution in [-0.4, -0.2) is 25.0 Å². The van der Waals surface area contributed by atoms with Crippen LogP contribution in [0.3, 0.4) is 0 Å². The van der Waals surface area contributed by atoms with Gasteiger partial charge in [-0.25, -0.2) is 0 Å². The molecule has 3 heteroatoms. The summed E-state index contributed by atoms with van der Waals surface area (Å²) < 4.78 is 0. The van der Waals surface area contributed by atoms with E-state index >= 15 is 0 Å². The van der Waals surface area contributed by atoms with Crippen molar-refractivity contribution in [2.24, 2.45) is 11.8 Å². The molecule has 86 valence electrons. The van der Waals surface area contributed by atoms with E-state index < -0.39 is 0 Å². The predicted octanol–water partition coefficient (Wildman–Crippen LogP) is 1.29. The Morgan fingerprint density at radius 2 is 2.00 bits per heavy atom. The molecule has 2 N–H and O–H groups in total. The fraction of sp³-hybridized carbons (Fsp3) is 0.917. The molecule has 0 aromatic rings. The topological polar surface area (TPSA) is 41.1 Å². The Morgan fingerprint density at radius 3 is 2.53 bits per heavy atom. The summed E-state index contributed by atoms with van der Waals surface area (Å²) in [5, 5.41) is 6.51. The van der Waals surface area contributed by atoms with Gasteiger partial charge in [-0.1, -0.05) is 6.92 Å². The molecule has 15 heavy (non-hydrogen) atoms. The lowest BCUT2D eigenvalue weighted by atomic mass is 10.1. The first-order valence-electron chi connectivity index (χ1n) is 6.32. The summed E-state index contributed by atoms with van der Waals surface area (Å²) in [6, 6.07) is 0.683. The van der Waals surface area contributed by atoms with E-state index in [9.17, 15) is 4.79 Å². The smallest absolute Gasteiger partial charge is 0.223 e. The fourth-order valence-corrected chi connectivity index (χ4v) is 2.08. The summed E-state index contributed by atoms with van der Waals surface area (Å²) in [4.78, 5) is 11.3. The number of carbonyl (C=O) groups is 1.